The maximum atomic E-state index is 12.3. The molecule has 0 unspecified atom stereocenters. The SMILES string of the molecule is Cc1cccc2n1c(=O)c1c([n+]2C)CCC1.[I-]. The van der Waals surface area contributed by atoms with Gasteiger partial charge >= 0.3 is 5.56 Å². The second kappa shape index (κ2) is 4.40. The van der Waals surface area contributed by atoms with Crippen LogP contribution in [0.3, 0.4) is 0 Å². The smallest absolute Gasteiger partial charge is 0.345 e. The van der Waals surface area contributed by atoms with Crippen molar-refractivity contribution in [3.05, 3.63) is 45.5 Å². The van der Waals surface area contributed by atoms with Gasteiger partial charge in [-0.3, -0.25) is 0 Å². The van der Waals surface area contributed by atoms with Gasteiger partial charge in [0.15, 0.2) is 0 Å². The van der Waals surface area contributed by atoms with E-state index in [1.54, 1.807) is 0 Å². The Balaban J connectivity index is 0.00000108. The lowest BCUT2D eigenvalue weighted by molar-refractivity contribution is -0.656. The first kappa shape index (κ1) is 12.5. The third-order valence-corrected chi connectivity index (χ3v) is 3.56. The van der Waals surface area contributed by atoms with Crippen LogP contribution in [0.2, 0.25) is 0 Å². The third kappa shape index (κ3) is 1.69. The van der Waals surface area contributed by atoms with Crippen molar-refractivity contribution in [3.63, 3.8) is 0 Å². The molecule has 4 heteroatoms. The molecule has 0 N–H and O–H groups in total. The number of halogens is 1. The quantitative estimate of drug-likeness (QED) is 0.399. The van der Waals surface area contributed by atoms with Gasteiger partial charge in [-0.2, -0.15) is 4.40 Å². The lowest BCUT2D eigenvalue weighted by Crippen LogP contribution is -3.00. The summed E-state index contributed by atoms with van der Waals surface area (Å²) in [5, 5.41) is 0. The fourth-order valence-corrected chi connectivity index (χ4v) is 2.73. The van der Waals surface area contributed by atoms with Crippen molar-refractivity contribution < 1.29 is 28.5 Å². The summed E-state index contributed by atoms with van der Waals surface area (Å²) in [5.74, 6) is 0. The Morgan fingerprint density at radius 3 is 2.82 bits per heavy atom. The van der Waals surface area contributed by atoms with E-state index in [1.165, 1.54) is 5.69 Å². The maximum absolute atomic E-state index is 12.3. The Labute approximate surface area is 117 Å². The molecule has 0 bridgehead atoms. The lowest BCUT2D eigenvalue weighted by Gasteiger charge is -2.05. The van der Waals surface area contributed by atoms with E-state index in [1.807, 2.05) is 29.5 Å². The first-order chi connectivity index (χ1) is 7.70. The van der Waals surface area contributed by atoms with Gasteiger partial charge in [0.2, 0.25) is 0 Å². The number of nitrogens with zero attached hydrogens (tertiary/aromatic N) is 2. The monoisotopic (exact) mass is 342 g/mol. The molecular formula is C13H15IN2O. The summed E-state index contributed by atoms with van der Waals surface area (Å²) in [6, 6.07) is 5.99. The highest BCUT2D eigenvalue weighted by atomic mass is 127. The third-order valence-electron chi connectivity index (χ3n) is 3.56. The number of aromatic nitrogens is 2. The van der Waals surface area contributed by atoms with Crippen LogP contribution in [0.1, 0.15) is 23.4 Å². The summed E-state index contributed by atoms with van der Waals surface area (Å²) >= 11 is 0. The van der Waals surface area contributed by atoms with Crippen LogP contribution in [-0.2, 0) is 19.9 Å². The van der Waals surface area contributed by atoms with Crippen molar-refractivity contribution in [1.82, 2.24) is 4.40 Å². The molecule has 3 nitrogen and oxygen atoms in total. The minimum absolute atomic E-state index is 0. The Hall–Kier alpha value is -0.910. The van der Waals surface area contributed by atoms with Crippen LogP contribution >= 0.6 is 0 Å². The fraction of sp³-hybridized carbons (Fsp3) is 0.385. The minimum Gasteiger partial charge on any atom is -1.00 e. The average Bonchev–Trinajstić information content (AvgIpc) is 2.75. The molecule has 0 atom stereocenters. The molecule has 1 aliphatic carbocycles. The van der Waals surface area contributed by atoms with Crippen molar-refractivity contribution in [1.29, 1.82) is 0 Å². The van der Waals surface area contributed by atoms with Crippen LogP contribution in [-0.4, -0.2) is 4.40 Å². The largest absolute Gasteiger partial charge is 1.00 e. The summed E-state index contributed by atoms with van der Waals surface area (Å²) in [4.78, 5) is 12.3. The number of pyridine rings is 1. The van der Waals surface area contributed by atoms with Crippen molar-refractivity contribution in [2.75, 3.05) is 0 Å². The Bertz CT molecular complexity index is 646. The van der Waals surface area contributed by atoms with Crippen molar-refractivity contribution in [3.8, 4) is 0 Å². The summed E-state index contributed by atoms with van der Waals surface area (Å²) in [6.45, 7) is 1.98. The van der Waals surface area contributed by atoms with E-state index in [-0.39, 0.29) is 29.5 Å². The second-order valence-corrected chi connectivity index (χ2v) is 4.50. The van der Waals surface area contributed by atoms with Crippen LogP contribution in [0.4, 0.5) is 0 Å². The summed E-state index contributed by atoms with van der Waals surface area (Å²) < 4.78 is 3.99. The molecule has 0 aromatic carbocycles. The van der Waals surface area contributed by atoms with Gasteiger partial charge in [0.05, 0.1) is 12.6 Å². The fourth-order valence-electron chi connectivity index (χ4n) is 2.73. The molecule has 2 aromatic rings. The molecule has 90 valence electrons. The van der Waals surface area contributed by atoms with E-state index in [0.717, 1.165) is 36.2 Å². The van der Waals surface area contributed by atoms with E-state index in [9.17, 15) is 4.79 Å². The molecule has 0 saturated heterocycles. The van der Waals surface area contributed by atoms with Gasteiger partial charge in [0.1, 0.15) is 11.4 Å². The van der Waals surface area contributed by atoms with E-state index in [2.05, 4.69) is 11.6 Å². The van der Waals surface area contributed by atoms with Gasteiger partial charge in [0.25, 0.3) is 5.65 Å². The standard InChI is InChI=1S/C13H15N2O.HI/c1-9-5-3-8-12-14(2)11-7-4-6-10(11)13(16)15(9)12;/h3,5,8H,4,6-7H2,1-2H3;1H/q+1;/p-1. The molecular weight excluding hydrogens is 327 g/mol. The molecule has 1 aliphatic rings. The number of aryl methyl sites for hydroxylation is 2. The van der Waals surface area contributed by atoms with Crippen LogP contribution in [0, 0.1) is 6.92 Å². The Kier molecular flexibility index (Phi) is 3.25. The zero-order valence-electron chi connectivity index (χ0n) is 10.0. The van der Waals surface area contributed by atoms with Crippen molar-refractivity contribution in [2.45, 2.75) is 26.2 Å². The molecule has 0 aliphatic heterocycles. The van der Waals surface area contributed by atoms with Gasteiger partial charge in [0, 0.05) is 12.5 Å². The highest BCUT2D eigenvalue weighted by Gasteiger charge is 2.26. The molecule has 0 radical (unpaired) electrons. The first-order valence-corrected chi connectivity index (χ1v) is 5.72. The lowest BCUT2D eigenvalue weighted by atomic mass is 10.2. The highest BCUT2D eigenvalue weighted by Crippen LogP contribution is 2.15. The molecule has 2 heterocycles. The summed E-state index contributed by atoms with van der Waals surface area (Å²) in [5.41, 5.74) is 4.40. The minimum atomic E-state index is 0. The summed E-state index contributed by atoms with van der Waals surface area (Å²) in [6.07, 6.45) is 3.07. The normalized spacial score (nSPS) is 13.5. The van der Waals surface area contributed by atoms with Crippen molar-refractivity contribution in [2.24, 2.45) is 7.05 Å². The Morgan fingerprint density at radius 1 is 1.29 bits per heavy atom. The predicted octanol–water partition coefficient (Wildman–Crippen LogP) is -2.07. The molecule has 0 fully saturated rings. The molecule has 3 rings (SSSR count). The van der Waals surface area contributed by atoms with Gasteiger partial charge in [-0.05, 0) is 25.8 Å². The van der Waals surface area contributed by atoms with E-state index in [4.69, 9.17) is 0 Å². The average molecular weight is 342 g/mol. The number of hydrogen-bond acceptors (Lipinski definition) is 1. The molecule has 0 saturated carbocycles. The number of hydrogen-bond donors (Lipinski definition) is 0. The van der Waals surface area contributed by atoms with Crippen LogP contribution < -0.4 is 34.1 Å². The number of fused-ring (bicyclic) bond motifs is 2. The van der Waals surface area contributed by atoms with Crippen molar-refractivity contribution >= 4 is 5.65 Å². The topological polar surface area (TPSA) is 25.4 Å². The zero-order valence-corrected chi connectivity index (χ0v) is 12.2. The van der Waals surface area contributed by atoms with Crippen LogP contribution in [0.5, 0.6) is 0 Å². The Morgan fingerprint density at radius 2 is 2.06 bits per heavy atom. The molecule has 0 spiro atoms. The predicted molar refractivity (Wildman–Crippen MR) is 61.6 cm³/mol. The summed E-state index contributed by atoms with van der Waals surface area (Å²) in [7, 11) is 2.05. The van der Waals surface area contributed by atoms with Gasteiger partial charge in [-0.1, -0.05) is 6.07 Å². The van der Waals surface area contributed by atoms with E-state index in [0.29, 0.717) is 0 Å². The van der Waals surface area contributed by atoms with Crippen LogP contribution in [0.25, 0.3) is 5.65 Å². The van der Waals surface area contributed by atoms with Gasteiger partial charge in [-0.25, -0.2) is 9.36 Å². The second-order valence-electron chi connectivity index (χ2n) is 4.50. The van der Waals surface area contributed by atoms with Gasteiger partial charge in [-0.15, -0.1) is 0 Å². The maximum Gasteiger partial charge on any atom is 0.345 e. The molecule has 2 aromatic heterocycles. The number of rotatable bonds is 0. The zero-order chi connectivity index (χ0) is 11.3. The highest BCUT2D eigenvalue weighted by molar-refractivity contribution is 5.37. The molecule has 17 heavy (non-hydrogen) atoms. The molecule has 0 amide bonds. The van der Waals surface area contributed by atoms with E-state index >= 15 is 0 Å². The van der Waals surface area contributed by atoms with Crippen LogP contribution in [0.15, 0.2) is 23.0 Å². The first-order valence-electron chi connectivity index (χ1n) is 5.72. The van der Waals surface area contributed by atoms with Gasteiger partial charge < -0.3 is 24.0 Å². The van der Waals surface area contributed by atoms with E-state index < -0.39 is 0 Å².